The summed E-state index contributed by atoms with van der Waals surface area (Å²) in [6.45, 7) is 4.64. The van der Waals surface area contributed by atoms with Crippen LogP contribution in [0.2, 0.25) is 0 Å². The fraction of sp³-hybridized carbons (Fsp3) is 1.00. The van der Waals surface area contributed by atoms with Gasteiger partial charge in [-0.2, -0.15) is 0 Å². The average Bonchev–Trinajstić information content (AvgIpc) is 2.02. The lowest BCUT2D eigenvalue weighted by Gasteiger charge is -2.06. The third-order valence-electron chi connectivity index (χ3n) is 1.02. The van der Waals surface area contributed by atoms with Gasteiger partial charge in [-0.3, -0.25) is 0 Å². The zero-order valence-corrected chi connectivity index (χ0v) is 11.4. The van der Waals surface area contributed by atoms with E-state index in [1.165, 1.54) is 0 Å². The third kappa shape index (κ3) is 11.3. The highest BCUT2D eigenvalue weighted by atomic mass is 127. The predicted molar refractivity (Wildman–Crippen MR) is 65.1 cm³/mol. The summed E-state index contributed by atoms with van der Waals surface area (Å²) in [4.78, 5) is 0. The highest BCUT2D eigenvalue weighted by Gasteiger charge is 1.93. The predicted octanol–water partition coefficient (Wildman–Crippen LogP) is 2.21. The number of ether oxygens (including phenoxy) is 3. The molecule has 0 aromatic heterocycles. The van der Waals surface area contributed by atoms with Crippen LogP contribution in [0.5, 0.6) is 0 Å². The first-order valence-corrected chi connectivity index (χ1v) is 6.51. The van der Waals surface area contributed by atoms with E-state index in [2.05, 4.69) is 45.2 Å². The molecule has 0 aromatic carbocycles. The molecular formula is C7H14I2O3. The molecule has 0 aromatic rings. The Morgan fingerprint density at radius 1 is 1.08 bits per heavy atom. The van der Waals surface area contributed by atoms with Gasteiger partial charge in [-0.15, -0.1) is 0 Å². The summed E-state index contributed by atoms with van der Waals surface area (Å²) in [6.07, 6.45) is 0. The Labute approximate surface area is 101 Å². The van der Waals surface area contributed by atoms with E-state index in [1.807, 2.05) is 6.92 Å². The van der Waals surface area contributed by atoms with Gasteiger partial charge in [-0.25, -0.2) is 0 Å². The number of alkyl halides is 2. The van der Waals surface area contributed by atoms with E-state index >= 15 is 0 Å². The van der Waals surface area contributed by atoms with Gasteiger partial charge >= 0.3 is 0 Å². The molecule has 0 saturated heterocycles. The Morgan fingerprint density at radius 3 is 2.25 bits per heavy atom. The molecule has 0 aliphatic heterocycles. The highest BCUT2D eigenvalue weighted by molar-refractivity contribution is 14.1. The minimum atomic E-state index is 0.261. The van der Waals surface area contributed by atoms with E-state index in [9.17, 15) is 0 Å². The van der Waals surface area contributed by atoms with E-state index in [4.69, 9.17) is 14.2 Å². The molecule has 1 atom stereocenters. The smallest absolute Gasteiger partial charge is 0.106 e. The largest absolute Gasteiger partial charge is 0.377 e. The van der Waals surface area contributed by atoms with Crippen molar-refractivity contribution in [3.8, 4) is 0 Å². The molecule has 74 valence electrons. The van der Waals surface area contributed by atoms with Crippen LogP contribution < -0.4 is 0 Å². The van der Waals surface area contributed by atoms with Gasteiger partial charge in [0, 0.05) is 0 Å². The normalized spacial score (nSPS) is 13.2. The molecule has 0 radical (unpaired) electrons. The topological polar surface area (TPSA) is 27.7 Å². The summed E-state index contributed by atoms with van der Waals surface area (Å²) in [5.41, 5.74) is 0. The van der Waals surface area contributed by atoms with Gasteiger partial charge < -0.3 is 14.2 Å². The van der Waals surface area contributed by atoms with Crippen molar-refractivity contribution in [2.24, 2.45) is 0 Å². The fourth-order valence-electron chi connectivity index (χ4n) is 0.544. The summed E-state index contributed by atoms with van der Waals surface area (Å²) in [6, 6.07) is 0. The Kier molecular flexibility index (Phi) is 11.6. The van der Waals surface area contributed by atoms with Crippen LogP contribution in [0.3, 0.4) is 0 Å². The highest BCUT2D eigenvalue weighted by Crippen LogP contribution is 1.98. The Balaban J connectivity index is 2.82. The number of hydrogen-bond donors (Lipinski definition) is 0. The maximum atomic E-state index is 5.27. The maximum Gasteiger partial charge on any atom is 0.106 e. The summed E-state index contributed by atoms with van der Waals surface area (Å²) >= 11 is 4.37. The fourth-order valence-corrected chi connectivity index (χ4v) is 1.11. The zero-order valence-electron chi connectivity index (χ0n) is 7.09. The van der Waals surface area contributed by atoms with Crippen LogP contribution in [0.4, 0.5) is 0 Å². The lowest BCUT2D eigenvalue weighted by Crippen LogP contribution is -2.10. The number of halogens is 2. The molecule has 0 rings (SSSR count). The van der Waals surface area contributed by atoms with Gasteiger partial charge in [-0.1, -0.05) is 45.2 Å². The van der Waals surface area contributed by atoms with E-state index in [0.29, 0.717) is 26.4 Å². The monoisotopic (exact) mass is 400 g/mol. The minimum absolute atomic E-state index is 0.261. The second-order valence-electron chi connectivity index (χ2n) is 2.04. The van der Waals surface area contributed by atoms with Crippen molar-refractivity contribution in [2.75, 3.05) is 31.0 Å². The molecule has 0 aliphatic rings. The molecule has 0 N–H and O–H groups in total. The van der Waals surface area contributed by atoms with Crippen LogP contribution >= 0.6 is 45.2 Å². The van der Waals surface area contributed by atoms with E-state index in [1.54, 1.807) is 0 Å². The van der Waals surface area contributed by atoms with Crippen molar-refractivity contribution >= 4 is 45.2 Å². The van der Waals surface area contributed by atoms with Gasteiger partial charge in [0.25, 0.3) is 0 Å². The van der Waals surface area contributed by atoms with Crippen molar-refractivity contribution in [3.63, 3.8) is 0 Å². The standard InChI is InChI=1S/C7H14I2O3/c1-7(9)12-5-4-10-2-3-11-6-8/h7H,2-6H2,1H3. The maximum absolute atomic E-state index is 5.27. The summed E-state index contributed by atoms with van der Waals surface area (Å²) < 4.78 is 16.6. The van der Waals surface area contributed by atoms with E-state index in [0.717, 1.165) is 4.61 Å². The Hall–Kier alpha value is 1.34. The molecule has 0 bridgehead atoms. The van der Waals surface area contributed by atoms with Crippen molar-refractivity contribution < 1.29 is 14.2 Å². The van der Waals surface area contributed by atoms with Crippen LogP contribution in [-0.4, -0.2) is 35.2 Å². The van der Waals surface area contributed by atoms with Crippen LogP contribution in [-0.2, 0) is 14.2 Å². The van der Waals surface area contributed by atoms with Crippen molar-refractivity contribution in [1.29, 1.82) is 0 Å². The molecule has 0 saturated carbocycles. The first-order chi connectivity index (χ1) is 5.77. The van der Waals surface area contributed by atoms with E-state index in [-0.39, 0.29) is 4.11 Å². The lowest BCUT2D eigenvalue weighted by atomic mass is 10.7. The Morgan fingerprint density at radius 2 is 1.67 bits per heavy atom. The molecule has 3 nitrogen and oxygen atoms in total. The lowest BCUT2D eigenvalue weighted by molar-refractivity contribution is 0.0233. The van der Waals surface area contributed by atoms with Crippen LogP contribution in [0.1, 0.15) is 6.92 Å². The first kappa shape index (κ1) is 13.3. The Bertz CT molecular complexity index is 90.7. The van der Waals surface area contributed by atoms with Crippen molar-refractivity contribution in [2.45, 2.75) is 11.0 Å². The van der Waals surface area contributed by atoms with Gasteiger partial charge in [0.05, 0.1) is 31.0 Å². The van der Waals surface area contributed by atoms with Crippen molar-refractivity contribution in [3.05, 3.63) is 0 Å². The third-order valence-corrected chi connectivity index (χ3v) is 1.82. The number of hydrogen-bond acceptors (Lipinski definition) is 3. The molecule has 0 aliphatic carbocycles. The SMILES string of the molecule is CC(I)OCCOCCOCI. The summed E-state index contributed by atoms with van der Waals surface area (Å²) in [7, 11) is 0. The average molecular weight is 400 g/mol. The van der Waals surface area contributed by atoms with Crippen LogP contribution in [0, 0.1) is 0 Å². The van der Waals surface area contributed by atoms with Gasteiger partial charge in [0.2, 0.25) is 0 Å². The molecule has 0 spiro atoms. The van der Waals surface area contributed by atoms with Gasteiger partial charge in [0.15, 0.2) is 0 Å². The zero-order chi connectivity index (χ0) is 9.23. The van der Waals surface area contributed by atoms with Crippen LogP contribution in [0.25, 0.3) is 0 Å². The minimum Gasteiger partial charge on any atom is -0.377 e. The molecule has 5 heteroatoms. The molecule has 1 unspecified atom stereocenters. The van der Waals surface area contributed by atoms with Gasteiger partial charge in [0.1, 0.15) is 4.11 Å². The van der Waals surface area contributed by atoms with Gasteiger partial charge in [-0.05, 0) is 6.92 Å². The summed E-state index contributed by atoms with van der Waals surface area (Å²) in [5, 5.41) is 0. The second kappa shape index (κ2) is 10.4. The quantitative estimate of drug-likeness (QED) is 0.356. The number of rotatable bonds is 8. The first-order valence-electron chi connectivity index (χ1n) is 3.74. The van der Waals surface area contributed by atoms with E-state index < -0.39 is 0 Å². The molecule has 0 fully saturated rings. The molecule has 0 amide bonds. The summed E-state index contributed by atoms with van der Waals surface area (Å²) in [5.74, 6) is 0. The molecule has 12 heavy (non-hydrogen) atoms. The molecule has 0 heterocycles. The second-order valence-corrected chi connectivity index (χ2v) is 4.42. The van der Waals surface area contributed by atoms with Crippen LogP contribution in [0.15, 0.2) is 0 Å². The molecular weight excluding hydrogens is 386 g/mol. The van der Waals surface area contributed by atoms with Crippen molar-refractivity contribution in [1.82, 2.24) is 0 Å².